The summed E-state index contributed by atoms with van der Waals surface area (Å²) in [5.74, 6) is -0.168. The first-order valence-corrected chi connectivity index (χ1v) is 3.79. The number of rotatable bonds is 6. The van der Waals surface area contributed by atoms with Gasteiger partial charge in [-0.15, -0.1) is 0 Å². The summed E-state index contributed by atoms with van der Waals surface area (Å²) in [5, 5.41) is 10.7. The number of hydroxylamine groups is 1. The first-order chi connectivity index (χ1) is 5.81. The third kappa shape index (κ3) is 6.99. The van der Waals surface area contributed by atoms with Crippen molar-refractivity contribution in [1.29, 1.82) is 5.26 Å². The second kappa shape index (κ2) is 7.98. The van der Waals surface area contributed by atoms with E-state index in [0.29, 0.717) is 19.6 Å². The predicted octanol–water partition coefficient (Wildman–Crippen LogP) is -0.443. The standard InChI is InChI=1S/C7H13N3O2/c1-2-12-10-6-7(11)9-5-3-4-8/h10H,2-3,5-6H2,1H3,(H,9,11). The lowest BCUT2D eigenvalue weighted by Crippen LogP contribution is -2.34. The van der Waals surface area contributed by atoms with Crippen LogP contribution in [0.15, 0.2) is 0 Å². The van der Waals surface area contributed by atoms with Gasteiger partial charge in [-0.1, -0.05) is 0 Å². The van der Waals surface area contributed by atoms with Crippen LogP contribution in [0.3, 0.4) is 0 Å². The number of nitrogens with one attached hydrogen (secondary N) is 2. The Hall–Kier alpha value is -1.12. The molecule has 0 unspecified atom stereocenters. The van der Waals surface area contributed by atoms with E-state index in [1.165, 1.54) is 0 Å². The van der Waals surface area contributed by atoms with E-state index in [1.807, 2.05) is 13.0 Å². The second-order valence-electron chi connectivity index (χ2n) is 2.01. The third-order valence-corrected chi connectivity index (χ3v) is 1.04. The number of hydrogen-bond acceptors (Lipinski definition) is 4. The van der Waals surface area contributed by atoms with E-state index in [9.17, 15) is 4.79 Å². The van der Waals surface area contributed by atoms with Crippen molar-refractivity contribution in [3.63, 3.8) is 0 Å². The molecule has 0 rings (SSSR count). The zero-order valence-corrected chi connectivity index (χ0v) is 7.09. The van der Waals surface area contributed by atoms with Crippen molar-refractivity contribution < 1.29 is 9.63 Å². The number of carbonyl (C=O) groups is 1. The van der Waals surface area contributed by atoms with Crippen LogP contribution < -0.4 is 10.8 Å². The molecule has 0 spiro atoms. The van der Waals surface area contributed by atoms with Gasteiger partial charge in [0, 0.05) is 6.54 Å². The largest absolute Gasteiger partial charge is 0.354 e. The van der Waals surface area contributed by atoms with Crippen molar-refractivity contribution in [3.8, 4) is 6.07 Å². The summed E-state index contributed by atoms with van der Waals surface area (Å²) in [4.78, 5) is 15.6. The Morgan fingerprint density at radius 1 is 1.67 bits per heavy atom. The van der Waals surface area contributed by atoms with Gasteiger partial charge >= 0.3 is 0 Å². The topological polar surface area (TPSA) is 74.2 Å². The average molecular weight is 171 g/mol. The molecule has 0 bridgehead atoms. The third-order valence-electron chi connectivity index (χ3n) is 1.04. The van der Waals surface area contributed by atoms with Gasteiger partial charge in [-0.25, -0.2) is 0 Å². The summed E-state index contributed by atoms with van der Waals surface area (Å²) >= 11 is 0. The molecule has 5 nitrogen and oxygen atoms in total. The average Bonchev–Trinajstić information content (AvgIpc) is 2.06. The lowest BCUT2D eigenvalue weighted by atomic mass is 10.4. The highest BCUT2D eigenvalue weighted by molar-refractivity contribution is 5.77. The smallest absolute Gasteiger partial charge is 0.236 e. The van der Waals surface area contributed by atoms with Gasteiger partial charge in [-0.05, 0) is 6.92 Å². The normalized spacial score (nSPS) is 9.00. The maximum absolute atomic E-state index is 10.8. The van der Waals surface area contributed by atoms with E-state index in [2.05, 4.69) is 10.8 Å². The fourth-order valence-corrected chi connectivity index (χ4v) is 0.539. The minimum absolute atomic E-state index is 0.124. The Kier molecular flexibility index (Phi) is 7.24. The zero-order chi connectivity index (χ0) is 9.23. The molecule has 0 atom stereocenters. The van der Waals surface area contributed by atoms with Crippen LogP contribution in [-0.2, 0) is 9.63 Å². The van der Waals surface area contributed by atoms with Gasteiger partial charge in [0.1, 0.15) is 0 Å². The number of hydrogen-bond donors (Lipinski definition) is 2. The van der Waals surface area contributed by atoms with Gasteiger partial charge in [-0.2, -0.15) is 10.7 Å². The highest BCUT2D eigenvalue weighted by atomic mass is 16.6. The first kappa shape index (κ1) is 10.9. The van der Waals surface area contributed by atoms with Crippen LogP contribution in [0.4, 0.5) is 0 Å². The molecule has 0 aliphatic carbocycles. The summed E-state index contributed by atoms with van der Waals surface area (Å²) in [6, 6.07) is 1.92. The molecular formula is C7H13N3O2. The Bertz CT molecular complexity index is 165. The van der Waals surface area contributed by atoms with Gasteiger partial charge in [0.15, 0.2) is 0 Å². The predicted molar refractivity (Wildman–Crippen MR) is 42.9 cm³/mol. The van der Waals surface area contributed by atoms with E-state index in [-0.39, 0.29) is 12.5 Å². The van der Waals surface area contributed by atoms with Crippen molar-refractivity contribution in [1.82, 2.24) is 10.8 Å². The van der Waals surface area contributed by atoms with Crippen molar-refractivity contribution in [2.45, 2.75) is 13.3 Å². The lowest BCUT2D eigenvalue weighted by Gasteiger charge is -2.03. The van der Waals surface area contributed by atoms with Gasteiger partial charge in [0.25, 0.3) is 0 Å². The molecule has 12 heavy (non-hydrogen) atoms. The molecule has 0 aromatic carbocycles. The first-order valence-electron chi connectivity index (χ1n) is 3.79. The van der Waals surface area contributed by atoms with E-state index in [0.717, 1.165) is 0 Å². The molecule has 0 saturated heterocycles. The molecule has 0 aliphatic rings. The van der Waals surface area contributed by atoms with Crippen molar-refractivity contribution >= 4 is 5.91 Å². The van der Waals surface area contributed by atoms with Gasteiger partial charge < -0.3 is 10.2 Å². The lowest BCUT2D eigenvalue weighted by molar-refractivity contribution is -0.122. The highest BCUT2D eigenvalue weighted by Crippen LogP contribution is 1.71. The van der Waals surface area contributed by atoms with E-state index in [1.54, 1.807) is 0 Å². The molecule has 0 aliphatic heterocycles. The summed E-state index contributed by atoms with van der Waals surface area (Å²) in [6.07, 6.45) is 0.334. The van der Waals surface area contributed by atoms with Gasteiger partial charge in [0.05, 0.1) is 25.6 Å². The maximum atomic E-state index is 10.8. The van der Waals surface area contributed by atoms with Crippen LogP contribution in [0.5, 0.6) is 0 Å². The molecule has 0 aromatic rings. The van der Waals surface area contributed by atoms with Crippen molar-refractivity contribution in [2.24, 2.45) is 0 Å². The minimum Gasteiger partial charge on any atom is -0.354 e. The molecule has 68 valence electrons. The maximum Gasteiger partial charge on any atom is 0.236 e. The summed E-state index contributed by atoms with van der Waals surface area (Å²) < 4.78 is 0. The van der Waals surface area contributed by atoms with Crippen LogP contribution >= 0.6 is 0 Å². The van der Waals surface area contributed by atoms with E-state index in [4.69, 9.17) is 10.1 Å². The number of nitrogens with zero attached hydrogens (tertiary/aromatic N) is 1. The SMILES string of the molecule is CCONCC(=O)NCCC#N. The van der Waals surface area contributed by atoms with Crippen LogP contribution in [0.1, 0.15) is 13.3 Å². The quantitative estimate of drug-likeness (QED) is 0.419. The number of amides is 1. The molecular weight excluding hydrogens is 158 g/mol. The summed E-state index contributed by atoms with van der Waals surface area (Å²) in [6.45, 7) is 2.86. The van der Waals surface area contributed by atoms with Crippen LogP contribution in [0.25, 0.3) is 0 Å². The van der Waals surface area contributed by atoms with Crippen molar-refractivity contribution in [3.05, 3.63) is 0 Å². The Labute approximate surface area is 71.7 Å². The fraction of sp³-hybridized carbons (Fsp3) is 0.714. The van der Waals surface area contributed by atoms with Crippen molar-refractivity contribution in [2.75, 3.05) is 19.7 Å². The molecule has 1 amide bonds. The van der Waals surface area contributed by atoms with E-state index >= 15 is 0 Å². The van der Waals surface area contributed by atoms with Gasteiger partial charge in [0.2, 0.25) is 5.91 Å². The summed E-state index contributed by atoms with van der Waals surface area (Å²) in [5.41, 5.74) is 2.47. The fourth-order valence-electron chi connectivity index (χ4n) is 0.539. The molecule has 0 aromatic heterocycles. The highest BCUT2D eigenvalue weighted by Gasteiger charge is 1.97. The molecule has 2 N–H and O–H groups in total. The van der Waals surface area contributed by atoms with E-state index < -0.39 is 0 Å². The van der Waals surface area contributed by atoms with Crippen LogP contribution in [0.2, 0.25) is 0 Å². The molecule has 0 fully saturated rings. The monoisotopic (exact) mass is 171 g/mol. The number of carbonyl (C=O) groups excluding carboxylic acids is 1. The van der Waals surface area contributed by atoms with Crippen LogP contribution in [0, 0.1) is 11.3 Å². The minimum atomic E-state index is -0.168. The zero-order valence-electron chi connectivity index (χ0n) is 7.09. The molecule has 0 radical (unpaired) electrons. The second-order valence-corrected chi connectivity index (χ2v) is 2.01. The molecule has 5 heteroatoms. The number of nitriles is 1. The Morgan fingerprint density at radius 3 is 3.00 bits per heavy atom. The van der Waals surface area contributed by atoms with Crippen LogP contribution in [-0.4, -0.2) is 25.6 Å². The Balaban J connectivity index is 3.17. The summed E-state index contributed by atoms with van der Waals surface area (Å²) in [7, 11) is 0. The molecule has 0 heterocycles. The van der Waals surface area contributed by atoms with Gasteiger partial charge in [-0.3, -0.25) is 4.79 Å². The Morgan fingerprint density at radius 2 is 2.42 bits per heavy atom. The molecule has 0 saturated carbocycles.